The van der Waals surface area contributed by atoms with E-state index in [1.807, 2.05) is 7.05 Å². The zero-order chi connectivity index (χ0) is 23.3. The van der Waals surface area contributed by atoms with Gasteiger partial charge in [-0.2, -0.15) is 4.72 Å². The molecule has 0 radical (unpaired) electrons. The van der Waals surface area contributed by atoms with E-state index in [1.54, 1.807) is 29.2 Å². The Morgan fingerprint density at radius 1 is 1.00 bits per heavy atom. The second-order valence-corrected chi connectivity index (χ2v) is 10.2. The highest BCUT2D eigenvalue weighted by atomic mass is 35.5. The summed E-state index contributed by atoms with van der Waals surface area (Å²) < 4.78 is 27.2. The largest absolute Gasteiger partial charge is 0.339 e. The minimum Gasteiger partial charge on any atom is -0.339 e. The number of carbonyl (C=O) groups is 2. The molecule has 9 heteroatoms. The van der Waals surface area contributed by atoms with Crippen molar-refractivity contribution in [1.29, 1.82) is 0 Å². The number of hydrogen-bond acceptors (Lipinski definition) is 4. The fraction of sp³-hybridized carbons (Fsp3) is 0.391. The van der Waals surface area contributed by atoms with Gasteiger partial charge in [0.1, 0.15) is 0 Å². The number of nitrogens with zero attached hydrogens (tertiary/aromatic N) is 1. The van der Waals surface area contributed by atoms with Crippen molar-refractivity contribution in [3.63, 3.8) is 0 Å². The smallest absolute Gasteiger partial charge is 0.253 e. The molecule has 0 saturated heterocycles. The van der Waals surface area contributed by atoms with Crippen LogP contribution in [0.2, 0.25) is 5.02 Å². The molecule has 2 N–H and O–H groups in total. The average Bonchev–Trinajstić information content (AvgIpc) is 2.79. The first kappa shape index (κ1) is 24.2. The molecule has 0 spiro atoms. The monoisotopic (exact) mass is 477 g/mol. The molecule has 1 aliphatic carbocycles. The summed E-state index contributed by atoms with van der Waals surface area (Å²) in [6.07, 6.45) is 5.57. The Hall–Kier alpha value is -2.42. The summed E-state index contributed by atoms with van der Waals surface area (Å²) in [6.45, 7) is 1.46. The maximum Gasteiger partial charge on any atom is 0.253 e. The first-order valence-corrected chi connectivity index (χ1v) is 12.5. The van der Waals surface area contributed by atoms with E-state index in [0.29, 0.717) is 16.3 Å². The topological polar surface area (TPSA) is 95.6 Å². The number of benzene rings is 2. The number of halogens is 1. The SMILES string of the molecule is C[C@H](NS(=O)(=O)c1ccc(Cl)cc1)C(=O)Nc1ccc(C(=O)N(C)C2CCCCC2)cc1. The van der Waals surface area contributed by atoms with Gasteiger partial charge in [0.25, 0.3) is 5.91 Å². The van der Waals surface area contributed by atoms with E-state index in [2.05, 4.69) is 10.0 Å². The van der Waals surface area contributed by atoms with Gasteiger partial charge >= 0.3 is 0 Å². The molecule has 0 bridgehead atoms. The van der Waals surface area contributed by atoms with Crippen LogP contribution in [0.25, 0.3) is 0 Å². The van der Waals surface area contributed by atoms with Gasteiger partial charge in [-0.05, 0) is 68.3 Å². The van der Waals surface area contributed by atoms with Crippen LogP contribution in [0, 0.1) is 0 Å². The maximum atomic E-state index is 12.8. The molecule has 172 valence electrons. The van der Waals surface area contributed by atoms with Crippen molar-refractivity contribution in [2.24, 2.45) is 0 Å². The second kappa shape index (κ2) is 10.5. The van der Waals surface area contributed by atoms with Crippen LogP contribution in [0.15, 0.2) is 53.4 Å². The highest BCUT2D eigenvalue weighted by molar-refractivity contribution is 7.89. The van der Waals surface area contributed by atoms with E-state index in [-0.39, 0.29) is 16.8 Å². The van der Waals surface area contributed by atoms with E-state index in [9.17, 15) is 18.0 Å². The van der Waals surface area contributed by atoms with Crippen LogP contribution in [0.4, 0.5) is 5.69 Å². The highest BCUT2D eigenvalue weighted by Crippen LogP contribution is 2.23. The van der Waals surface area contributed by atoms with Crippen LogP contribution >= 0.6 is 11.6 Å². The van der Waals surface area contributed by atoms with Crippen molar-refractivity contribution >= 4 is 39.1 Å². The van der Waals surface area contributed by atoms with Gasteiger partial charge < -0.3 is 10.2 Å². The summed E-state index contributed by atoms with van der Waals surface area (Å²) in [4.78, 5) is 27.1. The van der Waals surface area contributed by atoms with Crippen molar-refractivity contribution in [1.82, 2.24) is 9.62 Å². The molecule has 1 atom stereocenters. The van der Waals surface area contributed by atoms with Crippen LogP contribution in [0.3, 0.4) is 0 Å². The van der Waals surface area contributed by atoms with Gasteiger partial charge in [-0.1, -0.05) is 30.9 Å². The Kier molecular flexibility index (Phi) is 7.92. The summed E-state index contributed by atoms with van der Waals surface area (Å²) in [5.41, 5.74) is 1.02. The molecule has 0 heterocycles. The summed E-state index contributed by atoms with van der Waals surface area (Å²) >= 11 is 5.79. The van der Waals surface area contributed by atoms with Crippen LogP contribution < -0.4 is 10.0 Å². The Morgan fingerprint density at radius 2 is 1.59 bits per heavy atom. The zero-order valence-electron chi connectivity index (χ0n) is 18.2. The third-order valence-corrected chi connectivity index (χ3v) is 7.50. The summed E-state index contributed by atoms with van der Waals surface area (Å²) in [6, 6.07) is 11.6. The minimum atomic E-state index is -3.87. The lowest BCUT2D eigenvalue weighted by Crippen LogP contribution is -2.41. The number of anilines is 1. The second-order valence-electron chi connectivity index (χ2n) is 8.07. The standard InChI is InChI=1S/C23H28ClN3O4S/c1-16(26-32(30,31)21-14-10-18(24)11-15-21)22(28)25-19-12-8-17(9-13-19)23(29)27(2)20-6-4-3-5-7-20/h8-16,20,26H,3-7H2,1-2H3,(H,25,28)/t16-/m0/s1. The molecule has 0 aromatic heterocycles. The molecular weight excluding hydrogens is 450 g/mol. The molecule has 1 aliphatic rings. The Labute approximate surface area is 194 Å². The fourth-order valence-electron chi connectivity index (χ4n) is 3.75. The predicted molar refractivity (Wildman–Crippen MR) is 125 cm³/mol. The Balaban J connectivity index is 1.58. The highest BCUT2D eigenvalue weighted by Gasteiger charge is 2.24. The van der Waals surface area contributed by atoms with Crippen molar-refractivity contribution in [3.8, 4) is 0 Å². The van der Waals surface area contributed by atoms with E-state index in [0.717, 1.165) is 25.7 Å². The molecule has 3 rings (SSSR count). The normalized spacial score (nSPS) is 15.7. The van der Waals surface area contributed by atoms with Crippen LogP contribution in [-0.2, 0) is 14.8 Å². The van der Waals surface area contributed by atoms with Crippen LogP contribution in [-0.4, -0.2) is 44.3 Å². The quantitative estimate of drug-likeness (QED) is 0.628. The number of rotatable bonds is 7. The third-order valence-electron chi connectivity index (χ3n) is 5.69. The average molecular weight is 478 g/mol. The number of sulfonamides is 1. The first-order chi connectivity index (χ1) is 15.2. The lowest BCUT2D eigenvalue weighted by Gasteiger charge is -2.31. The molecule has 0 aliphatic heterocycles. The lowest BCUT2D eigenvalue weighted by atomic mass is 9.94. The number of carbonyl (C=O) groups excluding carboxylic acids is 2. The Bertz CT molecular complexity index is 1050. The zero-order valence-corrected chi connectivity index (χ0v) is 19.7. The maximum absolute atomic E-state index is 12.8. The summed E-state index contributed by atoms with van der Waals surface area (Å²) in [5, 5.41) is 3.09. The van der Waals surface area contributed by atoms with E-state index >= 15 is 0 Å². The fourth-order valence-corrected chi connectivity index (χ4v) is 5.08. The molecule has 32 heavy (non-hydrogen) atoms. The third kappa shape index (κ3) is 6.09. The Morgan fingerprint density at radius 3 is 2.19 bits per heavy atom. The first-order valence-electron chi connectivity index (χ1n) is 10.6. The van der Waals surface area contributed by atoms with E-state index < -0.39 is 22.0 Å². The molecule has 1 saturated carbocycles. The van der Waals surface area contributed by atoms with Gasteiger partial charge in [0.05, 0.1) is 10.9 Å². The van der Waals surface area contributed by atoms with Crippen molar-refractivity contribution in [3.05, 3.63) is 59.1 Å². The van der Waals surface area contributed by atoms with Crippen molar-refractivity contribution in [2.75, 3.05) is 12.4 Å². The molecule has 2 aromatic rings. The lowest BCUT2D eigenvalue weighted by molar-refractivity contribution is -0.117. The van der Waals surface area contributed by atoms with Crippen LogP contribution in [0.1, 0.15) is 49.4 Å². The van der Waals surface area contributed by atoms with Gasteiger partial charge in [0, 0.05) is 29.4 Å². The van der Waals surface area contributed by atoms with Gasteiger partial charge in [-0.25, -0.2) is 8.42 Å². The summed E-state index contributed by atoms with van der Waals surface area (Å²) in [7, 11) is -2.04. The molecule has 0 unspecified atom stereocenters. The summed E-state index contributed by atoms with van der Waals surface area (Å²) in [5.74, 6) is -0.556. The molecule has 2 aromatic carbocycles. The number of nitrogens with one attached hydrogen (secondary N) is 2. The number of amides is 2. The van der Waals surface area contributed by atoms with Crippen LogP contribution in [0.5, 0.6) is 0 Å². The van der Waals surface area contributed by atoms with Gasteiger partial charge in [0.15, 0.2) is 0 Å². The van der Waals surface area contributed by atoms with Gasteiger partial charge in [-0.3, -0.25) is 9.59 Å². The minimum absolute atomic E-state index is 0.0199. The molecule has 2 amide bonds. The van der Waals surface area contributed by atoms with E-state index in [1.165, 1.54) is 37.6 Å². The van der Waals surface area contributed by atoms with Crippen molar-refractivity contribution < 1.29 is 18.0 Å². The van der Waals surface area contributed by atoms with Gasteiger partial charge in [0.2, 0.25) is 15.9 Å². The predicted octanol–water partition coefficient (Wildman–Crippen LogP) is 4.05. The van der Waals surface area contributed by atoms with E-state index in [4.69, 9.17) is 11.6 Å². The van der Waals surface area contributed by atoms with Gasteiger partial charge in [-0.15, -0.1) is 0 Å². The molecular formula is C23H28ClN3O4S. The van der Waals surface area contributed by atoms with Crippen molar-refractivity contribution in [2.45, 2.75) is 56.0 Å². The molecule has 1 fully saturated rings. The number of hydrogen-bond donors (Lipinski definition) is 2. The molecule has 7 nitrogen and oxygen atoms in total.